The molecule has 17 heavy (non-hydrogen) atoms. The number of nitrogens with one attached hydrogen (secondary N) is 1. The van der Waals surface area contributed by atoms with Crippen LogP contribution in [0.5, 0.6) is 0 Å². The Balaban J connectivity index is 2.02. The van der Waals surface area contributed by atoms with E-state index in [-0.39, 0.29) is 0 Å². The number of hydrogen-bond acceptors (Lipinski definition) is 3. The van der Waals surface area contributed by atoms with E-state index < -0.39 is 22.0 Å². The van der Waals surface area contributed by atoms with Crippen molar-refractivity contribution in [3.8, 4) is 0 Å². The first-order chi connectivity index (χ1) is 7.97. The number of carbonyl (C=O) groups excluding carboxylic acids is 1. The molecule has 2 unspecified atom stereocenters. The minimum absolute atomic E-state index is 0.398. The average molecular weight is 295 g/mol. The van der Waals surface area contributed by atoms with Gasteiger partial charge in [-0.25, -0.2) is 0 Å². The molecule has 1 aromatic carbocycles. The third-order valence-corrected chi connectivity index (χ3v) is 3.05. The van der Waals surface area contributed by atoms with Crippen LogP contribution in [0.4, 0.5) is 0 Å². The van der Waals surface area contributed by atoms with Crippen LogP contribution in [0, 0.1) is 0 Å². The molecule has 3 nitrogen and oxygen atoms in total. The number of cyclic esters (lactones) is 1. The fourth-order valence-electron chi connectivity index (χ4n) is 1.64. The highest BCUT2D eigenvalue weighted by molar-refractivity contribution is 6.68. The molecule has 0 aromatic heterocycles. The van der Waals surface area contributed by atoms with Gasteiger partial charge in [0, 0.05) is 0 Å². The molecule has 0 spiro atoms. The summed E-state index contributed by atoms with van der Waals surface area (Å²) in [6.45, 7) is 0. The molecule has 1 heterocycles. The molecule has 6 heteroatoms. The summed E-state index contributed by atoms with van der Waals surface area (Å²) in [5, 5.41) is 2.86. The molecule has 2 rings (SSSR count). The molecule has 1 N–H and O–H groups in total. The first kappa shape index (κ1) is 13.0. The molecule has 1 fully saturated rings. The zero-order chi connectivity index (χ0) is 12.5. The predicted molar refractivity (Wildman–Crippen MR) is 67.2 cm³/mol. The van der Waals surface area contributed by atoms with Crippen LogP contribution >= 0.6 is 34.8 Å². The van der Waals surface area contributed by atoms with Gasteiger partial charge in [0.1, 0.15) is 6.04 Å². The maximum atomic E-state index is 11.6. The van der Waals surface area contributed by atoms with Gasteiger partial charge in [0.15, 0.2) is 0 Å². The molecule has 1 saturated heterocycles. The van der Waals surface area contributed by atoms with Crippen LogP contribution in [-0.4, -0.2) is 22.0 Å². The molecule has 0 saturated carbocycles. The summed E-state index contributed by atoms with van der Waals surface area (Å²) in [5.41, 5.74) is 1.02. The third-order valence-electron chi connectivity index (χ3n) is 2.45. The second-order valence-corrected chi connectivity index (χ2v) is 6.14. The van der Waals surface area contributed by atoms with Crippen LogP contribution < -0.4 is 5.32 Å². The standard InChI is InChI=1S/C11H10Cl3NO2/c12-11(13,14)10-15-8(9(16)17-10)6-7-4-2-1-3-5-7/h1-5,8,10,15H,6H2. The van der Waals surface area contributed by atoms with E-state index >= 15 is 0 Å². The number of alkyl halides is 3. The third kappa shape index (κ3) is 3.26. The van der Waals surface area contributed by atoms with Crippen LogP contribution in [0.1, 0.15) is 5.56 Å². The molecule has 0 amide bonds. The van der Waals surface area contributed by atoms with Crippen LogP contribution in [0.15, 0.2) is 30.3 Å². The molecule has 0 bridgehead atoms. The van der Waals surface area contributed by atoms with Crippen molar-refractivity contribution >= 4 is 40.8 Å². The fourth-order valence-corrected chi connectivity index (χ4v) is 1.96. The highest BCUT2D eigenvalue weighted by atomic mass is 35.6. The van der Waals surface area contributed by atoms with Crippen molar-refractivity contribution in [2.75, 3.05) is 0 Å². The number of rotatable bonds is 2. The van der Waals surface area contributed by atoms with Crippen LogP contribution in [-0.2, 0) is 16.0 Å². The van der Waals surface area contributed by atoms with E-state index in [1.54, 1.807) is 0 Å². The van der Waals surface area contributed by atoms with E-state index in [2.05, 4.69) is 5.32 Å². The Labute approximate surface area is 114 Å². The fraction of sp³-hybridized carbons (Fsp3) is 0.364. The molecule has 1 aromatic rings. The van der Waals surface area contributed by atoms with E-state index in [1.807, 2.05) is 30.3 Å². The van der Waals surface area contributed by atoms with Gasteiger partial charge < -0.3 is 4.74 Å². The van der Waals surface area contributed by atoms with Crippen LogP contribution in [0.25, 0.3) is 0 Å². The smallest absolute Gasteiger partial charge is 0.325 e. The number of carbonyl (C=O) groups is 1. The second kappa shape index (κ2) is 5.02. The van der Waals surface area contributed by atoms with Gasteiger partial charge in [-0.1, -0.05) is 65.1 Å². The van der Waals surface area contributed by atoms with Crippen molar-refractivity contribution in [1.29, 1.82) is 0 Å². The lowest BCUT2D eigenvalue weighted by Crippen LogP contribution is -2.40. The highest BCUT2D eigenvalue weighted by Gasteiger charge is 2.44. The molecule has 0 radical (unpaired) electrons. The minimum atomic E-state index is -1.65. The lowest BCUT2D eigenvalue weighted by Gasteiger charge is -2.18. The molecule has 2 atom stereocenters. The summed E-state index contributed by atoms with van der Waals surface area (Å²) in [5.74, 6) is -0.398. The van der Waals surface area contributed by atoms with Crippen molar-refractivity contribution < 1.29 is 9.53 Å². The SMILES string of the molecule is O=C1OC(C(Cl)(Cl)Cl)NC1Cc1ccccc1. The van der Waals surface area contributed by atoms with Gasteiger partial charge in [-0.3, -0.25) is 10.1 Å². The summed E-state index contributed by atoms with van der Waals surface area (Å²) in [4.78, 5) is 11.6. The first-order valence-corrected chi connectivity index (χ1v) is 6.17. The van der Waals surface area contributed by atoms with Gasteiger partial charge in [0.05, 0.1) is 0 Å². The minimum Gasteiger partial charge on any atom is -0.441 e. The molecular formula is C11H10Cl3NO2. The van der Waals surface area contributed by atoms with Crippen LogP contribution in [0.2, 0.25) is 0 Å². The Bertz CT molecular complexity index is 405. The maximum Gasteiger partial charge on any atom is 0.325 e. The van der Waals surface area contributed by atoms with E-state index in [1.165, 1.54) is 0 Å². The summed E-state index contributed by atoms with van der Waals surface area (Å²) in [6, 6.07) is 9.10. The summed E-state index contributed by atoms with van der Waals surface area (Å²) < 4.78 is 3.31. The normalized spacial score (nSPS) is 24.8. The Morgan fingerprint density at radius 2 is 1.88 bits per heavy atom. The Kier molecular flexibility index (Phi) is 3.83. The monoisotopic (exact) mass is 293 g/mol. The average Bonchev–Trinajstić information content (AvgIpc) is 2.62. The number of hydrogen-bond donors (Lipinski definition) is 1. The number of benzene rings is 1. The first-order valence-electron chi connectivity index (χ1n) is 5.04. The van der Waals surface area contributed by atoms with Crippen molar-refractivity contribution in [3.63, 3.8) is 0 Å². The second-order valence-electron chi connectivity index (χ2n) is 3.77. The molecule has 0 aliphatic carbocycles. The molecular weight excluding hydrogens is 284 g/mol. The van der Waals surface area contributed by atoms with Gasteiger partial charge >= 0.3 is 5.97 Å². The molecule has 1 aliphatic rings. The zero-order valence-corrected chi connectivity index (χ0v) is 11.0. The van der Waals surface area contributed by atoms with Crippen molar-refractivity contribution in [2.45, 2.75) is 22.5 Å². The van der Waals surface area contributed by atoms with Gasteiger partial charge in [-0.05, 0) is 12.0 Å². The zero-order valence-electron chi connectivity index (χ0n) is 8.70. The number of esters is 1. The lowest BCUT2D eigenvalue weighted by molar-refractivity contribution is -0.142. The highest BCUT2D eigenvalue weighted by Crippen LogP contribution is 2.33. The number of halogens is 3. The van der Waals surface area contributed by atoms with Crippen molar-refractivity contribution in [1.82, 2.24) is 5.32 Å². The van der Waals surface area contributed by atoms with E-state index in [9.17, 15) is 4.79 Å². The van der Waals surface area contributed by atoms with E-state index in [0.29, 0.717) is 6.42 Å². The predicted octanol–water partition coefficient (Wildman–Crippen LogP) is 2.44. The number of ether oxygens (including phenoxy) is 1. The topological polar surface area (TPSA) is 38.3 Å². The van der Waals surface area contributed by atoms with E-state index in [4.69, 9.17) is 39.5 Å². The Hall–Kier alpha value is -0.480. The van der Waals surface area contributed by atoms with Crippen molar-refractivity contribution in [3.05, 3.63) is 35.9 Å². The molecule has 1 aliphatic heterocycles. The van der Waals surface area contributed by atoms with Crippen LogP contribution in [0.3, 0.4) is 0 Å². The lowest BCUT2D eigenvalue weighted by atomic mass is 10.1. The molecule has 92 valence electrons. The van der Waals surface area contributed by atoms with Gasteiger partial charge in [0.25, 0.3) is 0 Å². The van der Waals surface area contributed by atoms with Crippen molar-refractivity contribution in [2.24, 2.45) is 0 Å². The maximum absolute atomic E-state index is 11.6. The van der Waals surface area contributed by atoms with E-state index in [0.717, 1.165) is 5.56 Å². The summed E-state index contributed by atoms with van der Waals surface area (Å²) >= 11 is 17.0. The Morgan fingerprint density at radius 3 is 2.41 bits per heavy atom. The quantitative estimate of drug-likeness (QED) is 0.672. The van der Waals surface area contributed by atoms with Gasteiger partial charge in [-0.15, -0.1) is 0 Å². The van der Waals surface area contributed by atoms with Gasteiger partial charge in [0.2, 0.25) is 10.0 Å². The summed E-state index contributed by atoms with van der Waals surface area (Å²) in [6.07, 6.45) is -0.384. The van der Waals surface area contributed by atoms with Gasteiger partial charge in [-0.2, -0.15) is 0 Å². The summed E-state index contributed by atoms with van der Waals surface area (Å²) in [7, 11) is 0. The largest absolute Gasteiger partial charge is 0.441 e. The Morgan fingerprint density at radius 1 is 1.24 bits per heavy atom.